The largest absolute Gasteiger partial charge is 0.497 e. The fourth-order valence-electron chi connectivity index (χ4n) is 3.33. The van der Waals surface area contributed by atoms with Crippen molar-refractivity contribution in [1.29, 1.82) is 0 Å². The van der Waals surface area contributed by atoms with Crippen molar-refractivity contribution in [2.45, 2.75) is 33.2 Å². The molecule has 0 aliphatic carbocycles. The Hall–Kier alpha value is -2.50. The number of aryl methyl sites for hydroxylation is 2. The Morgan fingerprint density at radius 2 is 2.00 bits per heavy atom. The first-order valence-corrected chi connectivity index (χ1v) is 9.21. The van der Waals surface area contributed by atoms with Crippen molar-refractivity contribution in [3.63, 3.8) is 0 Å². The monoisotopic (exact) mass is 357 g/mol. The molecule has 0 radical (unpaired) electrons. The summed E-state index contributed by atoms with van der Waals surface area (Å²) in [5, 5.41) is 4.39. The topological polar surface area (TPSA) is 56.6 Å². The van der Waals surface area contributed by atoms with Crippen molar-refractivity contribution >= 4 is 5.91 Å². The van der Waals surface area contributed by atoms with Gasteiger partial charge in [-0.2, -0.15) is 5.10 Å². The number of likely N-dealkylation sites (tertiary alicyclic amines) is 1. The van der Waals surface area contributed by atoms with Crippen LogP contribution in [0.1, 0.15) is 35.8 Å². The minimum atomic E-state index is 0.0800. The maximum absolute atomic E-state index is 12.9. The Labute approximate surface area is 154 Å². The second kappa shape index (κ2) is 8.25. The van der Waals surface area contributed by atoms with E-state index in [1.54, 1.807) is 7.11 Å². The van der Waals surface area contributed by atoms with Crippen LogP contribution in [0.3, 0.4) is 0 Å². The molecular formula is C20H27N3O3. The van der Waals surface area contributed by atoms with Crippen molar-refractivity contribution < 1.29 is 14.3 Å². The highest BCUT2D eigenvalue weighted by molar-refractivity contribution is 5.95. The number of carbonyl (C=O) groups excluding carboxylic acids is 1. The van der Waals surface area contributed by atoms with Crippen molar-refractivity contribution in [1.82, 2.24) is 14.7 Å². The predicted octanol–water partition coefficient (Wildman–Crippen LogP) is 3.15. The molecule has 1 aliphatic rings. The van der Waals surface area contributed by atoms with E-state index in [4.69, 9.17) is 9.47 Å². The molecule has 1 amide bonds. The molecule has 0 saturated carbocycles. The summed E-state index contributed by atoms with van der Waals surface area (Å²) in [7, 11) is 1.65. The van der Waals surface area contributed by atoms with Gasteiger partial charge in [0, 0.05) is 31.7 Å². The molecule has 2 heterocycles. The Morgan fingerprint density at radius 3 is 2.65 bits per heavy atom. The average molecular weight is 357 g/mol. The highest BCUT2D eigenvalue weighted by atomic mass is 16.5. The number of carbonyl (C=O) groups is 1. The number of amides is 1. The van der Waals surface area contributed by atoms with E-state index in [9.17, 15) is 4.79 Å². The first-order valence-electron chi connectivity index (χ1n) is 9.21. The van der Waals surface area contributed by atoms with Gasteiger partial charge >= 0.3 is 0 Å². The quantitative estimate of drug-likeness (QED) is 0.797. The maximum Gasteiger partial charge on any atom is 0.257 e. The van der Waals surface area contributed by atoms with E-state index in [-0.39, 0.29) is 5.91 Å². The number of rotatable bonds is 6. The van der Waals surface area contributed by atoms with E-state index in [1.165, 1.54) is 0 Å². The van der Waals surface area contributed by atoms with Crippen LogP contribution in [0.2, 0.25) is 0 Å². The Balaban J connectivity index is 1.57. The van der Waals surface area contributed by atoms with Gasteiger partial charge in [-0.25, -0.2) is 0 Å². The van der Waals surface area contributed by atoms with Gasteiger partial charge in [-0.15, -0.1) is 0 Å². The molecule has 0 spiro atoms. The van der Waals surface area contributed by atoms with Crippen molar-refractivity contribution in [2.75, 3.05) is 26.8 Å². The van der Waals surface area contributed by atoms with Gasteiger partial charge in [0.25, 0.3) is 5.91 Å². The first-order chi connectivity index (χ1) is 12.6. The van der Waals surface area contributed by atoms with Crippen molar-refractivity contribution in [3.05, 3.63) is 41.7 Å². The summed E-state index contributed by atoms with van der Waals surface area (Å²) in [5.74, 6) is 2.07. The van der Waals surface area contributed by atoms with E-state index in [0.717, 1.165) is 49.7 Å². The zero-order chi connectivity index (χ0) is 18.5. The summed E-state index contributed by atoms with van der Waals surface area (Å²) >= 11 is 0. The Morgan fingerprint density at radius 1 is 1.27 bits per heavy atom. The van der Waals surface area contributed by atoms with E-state index < -0.39 is 0 Å². The molecule has 3 rings (SSSR count). The number of methoxy groups -OCH3 is 1. The van der Waals surface area contributed by atoms with Crippen LogP contribution in [0.15, 0.2) is 30.5 Å². The number of ether oxygens (including phenoxy) is 2. The SMILES string of the molecule is CCn1cc(C(=O)N2CCCC(COc3ccc(OC)cc3)C2)c(C)n1. The van der Waals surface area contributed by atoms with Crippen LogP contribution < -0.4 is 9.47 Å². The number of hydrogen-bond acceptors (Lipinski definition) is 4. The molecule has 1 atom stereocenters. The van der Waals surface area contributed by atoms with Gasteiger partial charge in [0.1, 0.15) is 11.5 Å². The summed E-state index contributed by atoms with van der Waals surface area (Å²) in [6, 6.07) is 7.60. The van der Waals surface area contributed by atoms with Crippen LogP contribution >= 0.6 is 0 Å². The molecule has 140 valence electrons. The van der Waals surface area contributed by atoms with Gasteiger partial charge in [0.2, 0.25) is 0 Å². The third-order valence-corrected chi connectivity index (χ3v) is 4.85. The fourth-order valence-corrected chi connectivity index (χ4v) is 3.33. The highest BCUT2D eigenvalue weighted by Gasteiger charge is 2.26. The van der Waals surface area contributed by atoms with E-state index in [1.807, 2.05) is 53.9 Å². The van der Waals surface area contributed by atoms with E-state index >= 15 is 0 Å². The minimum absolute atomic E-state index is 0.0800. The summed E-state index contributed by atoms with van der Waals surface area (Å²) < 4.78 is 12.9. The summed E-state index contributed by atoms with van der Waals surface area (Å²) in [5.41, 5.74) is 1.51. The van der Waals surface area contributed by atoms with E-state index in [0.29, 0.717) is 18.1 Å². The van der Waals surface area contributed by atoms with Gasteiger partial charge < -0.3 is 14.4 Å². The molecule has 2 aromatic rings. The predicted molar refractivity (Wildman–Crippen MR) is 99.8 cm³/mol. The fraction of sp³-hybridized carbons (Fsp3) is 0.500. The molecule has 1 fully saturated rings. The molecule has 1 aliphatic heterocycles. The third-order valence-electron chi connectivity index (χ3n) is 4.85. The summed E-state index contributed by atoms with van der Waals surface area (Å²) in [6.45, 7) is 6.83. The normalized spacial score (nSPS) is 17.2. The molecule has 6 nitrogen and oxygen atoms in total. The molecule has 0 N–H and O–H groups in total. The van der Waals surface area contributed by atoms with Crippen LogP contribution in [-0.4, -0.2) is 47.4 Å². The number of piperidine rings is 1. The van der Waals surface area contributed by atoms with Gasteiger partial charge in [-0.3, -0.25) is 9.48 Å². The minimum Gasteiger partial charge on any atom is -0.497 e. The lowest BCUT2D eigenvalue weighted by molar-refractivity contribution is 0.0632. The van der Waals surface area contributed by atoms with Crippen LogP contribution in [-0.2, 0) is 6.54 Å². The smallest absolute Gasteiger partial charge is 0.257 e. The first kappa shape index (κ1) is 18.3. The second-order valence-corrected chi connectivity index (χ2v) is 6.73. The van der Waals surface area contributed by atoms with Crippen molar-refractivity contribution in [2.24, 2.45) is 5.92 Å². The molecule has 1 unspecified atom stereocenters. The number of aromatic nitrogens is 2. The molecule has 0 bridgehead atoms. The molecule has 26 heavy (non-hydrogen) atoms. The van der Waals surface area contributed by atoms with Gasteiger partial charge in [0.15, 0.2) is 0 Å². The summed E-state index contributed by atoms with van der Waals surface area (Å²) in [6.07, 6.45) is 3.94. The number of hydrogen-bond donors (Lipinski definition) is 0. The lowest BCUT2D eigenvalue weighted by atomic mass is 9.98. The van der Waals surface area contributed by atoms with Crippen LogP contribution in [0.25, 0.3) is 0 Å². The van der Waals surface area contributed by atoms with Gasteiger partial charge in [0.05, 0.1) is 25.0 Å². The average Bonchev–Trinajstić information content (AvgIpc) is 3.07. The molecule has 6 heteroatoms. The number of benzene rings is 1. The van der Waals surface area contributed by atoms with E-state index in [2.05, 4.69) is 5.10 Å². The molecular weight excluding hydrogens is 330 g/mol. The van der Waals surface area contributed by atoms with Crippen LogP contribution in [0.5, 0.6) is 11.5 Å². The number of nitrogens with zero attached hydrogens (tertiary/aromatic N) is 3. The second-order valence-electron chi connectivity index (χ2n) is 6.73. The molecule has 1 saturated heterocycles. The Kier molecular flexibility index (Phi) is 5.81. The highest BCUT2D eigenvalue weighted by Crippen LogP contribution is 2.22. The standard InChI is InChI=1S/C20H27N3O3/c1-4-23-13-19(15(2)21-23)20(24)22-11-5-6-16(12-22)14-26-18-9-7-17(25-3)8-10-18/h7-10,13,16H,4-6,11-12,14H2,1-3H3. The third kappa shape index (κ3) is 4.18. The Bertz CT molecular complexity index is 739. The zero-order valence-corrected chi connectivity index (χ0v) is 15.8. The molecule has 1 aromatic carbocycles. The van der Waals surface area contributed by atoms with Crippen LogP contribution in [0.4, 0.5) is 0 Å². The molecule has 1 aromatic heterocycles. The lowest BCUT2D eigenvalue weighted by Gasteiger charge is -2.32. The lowest BCUT2D eigenvalue weighted by Crippen LogP contribution is -2.41. The van der Waals surface area contributed by atoms with Crippen molar-refractivity contribution in [3.8, 4) is 11.5 Å². The zero-order valence-electron chi connectivity index (χ0n) is 15.8. The van der Waals surface area contributed by atoms with Gasteiger partial charge in [-0.1, -0.05) is 0 Å². The maximum atomic E-state index is 12.9. The van der Waals surface area contributed by atoms with Crippen LogP contribution in [0, 0.1) is 12.8 Å². The van der Waals surface area contributed by atoms with Gasteiger partial charge in [-0.05, 0) is 51.0 Å². The summed E-state index contributed by atoms with van der Waals surface area (Å²) in [4.78, 5) is 14.8.